The topological polar surface area (TPSA) is 98.7 Å². The SMILES string of the molecule is Cc1cccc2c1NC(=O)C21NC(Cc2ccc(O)cc2)[C@H]2C(=O)N(C(C)(C)C)C(=O)[C@H]21. The Morgan fingerprint density at radius 3 is 2.38 bits per heavy atom. The Morgan fingerprint density at radius 1 is 1.03 bits per heavy atom. The van der Waals surface area contributed by atoms with Crippen molar-refractivity contribution in [1.82, 2.24) is 10.2 Å². The van der Waals surface area contributed by atoms with Gasteiger partial charge in [0.2, 0.25) is 17.7 Å². The molecule has 7 nitrogen and oxygen atoms in total. The summed E-state index contributed by atoms with van der Waals surface area (Å²) in [4.78, 5) is 42.2. The molecule has 3 N–H and O–H groups in total. The molecule has 2 fully saturated rings. The number of aromatic hydroxyl groups is 1. The van der Waals surface area contributed by atoms with Crippen LogP contribution < -0.4 is 10.6 Å². The van der Waals surface area contributed by atoms with Crippen molar-refractivity contribution in [3.8, 4) is 5.75 Å². The molecule has 1 spiro atoms. The number of fused-ring (bicyclic) bond motifs is 4. The molecule has 2 aromatic rings. The predicted octanol–water partition coefficient (Wildman–Crippen LogP) is 2.46. The second-order valence-corrected chi connectivity index (χ2v) is 10.1. The van der Waals surface area contributed by atoms with Crippen LogP contribution >= 0.6 is 0 Å². The summed E-state index contributed by atoms with van der Waals surface area (Å²) in [6.45, 7) is 7.44. The highest BCUT2D eigenvalue weighted by Gasteiger charge is 2.71. The maximum absolute atomic E-state index is 13.7. The number of carbonyl (C=O) groups is 3. The number of aryl methyl sites for hydroxylation is 1. The molecule has 2 aromatic carbocycles. The molecule has 7 heteroatoms. The minimum absolute atomic E-state index is 0.160. The Morgan fingerprint density at radius 2 is 1.72 bits per heavy atom. The molecule has 3 heterocycles. The summed E-state index contributed by atoms with van der Waals surface area (Å²) >= 11 is 0. The zero-order valence-electron chi connectivity index (χ0n) is 18.6. The fourth-order valence-electron chi connectivity index (χ4n) is 5.70. The number of amides is 3. The van der Waals surface area contributed by atoms with Crippen molar-refractivity contribution < 1.29 is 19.5 Å². The molecule has 3 aliphatic rings. The maximum atomic E-state index is 13.7. The lowest BCUT2D eigenvalue weighted by Gasteiger charge is -2.34. The number of phenolic OH excluding ortho intramolecular Hbond substituents is 1. The van der Waals surface area contributed by atoms with Crippen LogP contribution in [-0.4, -0.2) is 39.3 Å². The monoisotopic (exact) mass is 433 g/mol. The number of likely N-dealkylation sites (tertiary alicyclic amines) is 1. The van der Waals surface area contributed by atoms with Gasteiger partial charge in [-0.25, -0.2) is 0 Å². The Hall–Kier alpha value is -3.19. The Labute approximate surface area is 186 Å². The Kier molecular flexibility index (Phi) is 4.30. The fourth-order valence-corrected chi connectivity index (χ4v) is 5.70. The van der Waals surface area contributed by atoms with Gasteiger partial charge in [-0.05, 0) is 57.4 Å². The van der Waals surface area contributed by atoms with Crippen molar-refractivity contribution in [2.24, 2.45) is 11.8 Å². The van der Waals surface area contributed by atoms with Gasteiger partial charge >= 0.3 is 0 Å². The molecular weight excluding hydrogens is 406 g/mol. The Balaban J connectivity index is 1.66. The third-order valence-corrected chi connectivity index (χ3v) is 7.02. The van der Waals surface area contributed by atoms with Gasteiger partial charge in [-0.2, -0.15) is 0 Å². The van der Waals surface area contributed by atoms with E-state index < -0.39 is 29.0 Å². The number of benzene rings is 2. The highest BCUT2D eigenvalue weighted by molar-refractivity contribution is 6.15. The summed E-state index contributed by atoms with van der Waals surface area (Å²) in [6.07, 6.45) is 0.453. The van der Waals surface area contributed by atoms with Crippen molar-refractivity contribution in [3.05, 3.63) is 59.2 Å². The first-order chi connectivity index (χ1) is 15.1. The minimum Gasteiger partial charge on any atom is -0.508 e. The molecule has 4 atom stereocenters. The normalized spacial score (nSPS) is 28.9. The minimum atomic E-state index is -1.29. The smallest absolute Gasteiger partial charge is 0.250 e. The third kappa shape index (κ3) is 2.67. The molecule has 0 bridgehead atoms. The van der Waals surface area contributed by atoms with E-state index in [2.05, 4.69) is 10.6 Å². The molecule has 166 valence electrons. The van der Waals surface area contributed by atoms with Crippen LogP contribution in [0.1, 0.15) is 37.5 Å². The molecule has 5 rings (SSSR count). The van der Waals surface area contributed by atoms with Crippen LogP contribution in [-0.2, 0) is 26.3 Å². The first-order valence-corrected chi connectivity index (χ1v) is 10.9. The van der Waals surface area contributed by atoms with E-state index in [-0.39, 0.29) is 23.5 Å². The van der Waals surface area contributed by atoms with Gasteiger partial charge in [0.1, 0.15) is 11.3 Å². The van der Waals surface area contributed by atoms with Crippen molar-refractivity contribution in [2.75, 3.05) is 5.32 Å². The maximum Gasteiger partial charge on any atom is 0.250 e. The van der Waals surface area contributed by atoms with Gasteiger partial charge in [-0.15, -0.1) is 0 Å². The van der Waals surface area contributed by atoms with Crippen LogP contribution in [0.2, 0.25) is 0 Å². The quantitative estimate of drug-likeness (QED) is 0.632. The number of rotatable bonds is 2. The summed E-state index contributed by atoms with van der Waals surface area (Å²) < 4.78 is 0. The number of anilines is 1. The summed E-state index contributed by atoms with van der Waals surface area (Å²) in [5.41, 5.74) is 1.28. The number of nitrogens with one attached hydrogen (secondary N) is 2. The van der Waals surface area contributed by atoms with Gasteiger partial charge in [-0.3, -0.25) is 24.6 Å². The lowest BCUT2D eigenvalue weighted by Crippen LogP contribution is -2.56. The standard InChI is InChI=1S/C25H27N3O4/c1-13-6-5-7-16-20(13)26-23(32)25(16)19-18(21(30)28(22(19)31)24(2,3)4)17(27-25)12-14-8-10-15(29)11-9-14/h5-11,17-19,27,29H,12H2,1-4H3,(H,26,32)/t17?,18-,19+,25?/m1/s1. The molecule has 0 aliphatic carbocycles. The van der Waals surface area contributed by atoms with E-state index in [1.54, 1.807) is 24.3 Å². The third-order valence-electron chi connectivity index (χ3n) is 7.02. The summed E-state index contributed by atoms with van der Waals surface area (Å²) in [7, 11) is 0. The summed E-state index contributed by atoms with van der Waals surface area (Å²) in [5, 5.41) is 16.1. The molecule has 3 amide bonds. The lowest BCUT2D eigenvalue weighted by atomic mass is 9.76. The number of phenols is 1. The van der Waals surface area contributed by atoms with E-state index in [0.29, 0.717) is 12.1 Å². The second-order valence-electron chi connectivity index (χ2n) is 10.1. The molecule has 2 unspecified atom stereocenters. The van der Waals surface area contributed by atoms with Crippen molar-refractivity contribution in [3.63, 3.8) is 0 Å². The van der Waals surface area contributed by atoms with Gasteiger partial charge in [0.25, 0.3) is 0 Å². The summed E-state index contributed by atoms with van der Waals surface area (Å²) in [6, 6.07) is 12.0. The lowest BCUT2D eigenvalue weighted by molar-refractivity contribution is -0.147. The van der Waals surface area contributed by atoms with E-state index in [4.69, 9.17) is 0 Å². The average molecular weight is 434 g/mol. The number of nitrogens with zero attached hydrogens (tertiary/aromatic N) is 1. The number of imide groups is 1. The zero-order chi connectivity index (χ0) is 23.0. The molecule has 32 heavy (non-hydrogen) atoms. The first kappa shape index (κ1) is 20.7. The zero-order valence-corrected chi connectivity index (χ0v) is 18.6. The van der Waals surface area contributed by atoms with E-state index in [1.807, 2.05) is 45.9 Å². The van der Waals surface area contributed by atoms with Gasteiger partial charge in [0, 0.05) is 22.8 Å². The van der Waals surface area contributed by atoms with Crippen LogP contribution in [0.3, 0.4) is 0 Å². The van der Waals surface area contributed by atoms with E-state index in [1.165, 1.54) is 4.90 Å². The van der Waals surface area contributed by atoms with Gasteiger partial charge in [0.15, 0.2) is 0 Å². The van der Waals surface area contributed by atoms with Gasteiger partial charge in [-0.1, -0.05) is 30.3 Å². The van der Waals surface area contributed by atoms with Crippen LogP contribution in [0, 0.1) is 18.8 Å². The highest BCUT2D eigenvalue weighted by atomic mass is 16.3. The Bertz CT molecular complexity index is 1150. The van der Waals surface area contributed by atoms with Crippen LogP contribution in [0.4, 0.5) is 5.69 Å². The average Bonchev–Trinajstić information content (AvgIpc) is 3.29. The first-order valence-electron chi connectivity index (χ1n) is 10.9. The van der Waals surface area contributed by atoms with E-state index in [9.17, 15) is 19.5 Å². The van der Waals surface area contributed by atoms with Crippen LogP contribution in [0.25, 0.3) is 0 Å². The molecular formula is C25H27N3O4. The molecule has 0 aromatic heterocycles. The highest BCUT2D eigenvalue weighted by Crippen LogP contribution is 2.54. The van der Waals surface area contributed by atoms with E-state index >= 15 is 0 Å². The number of hydrogen-bond donors (Lipinski definition) is 3. The largest absolute Gasteiger partial charge is 0.508 e. The van der Waals surface area contributed by atoms with Crippen molar-refractivity contribution in [1.29, 1.82) is 0 Å². The van der Waals surface area contributed by atoms with Crippen molar-refractivity contribution in [2.45, 2.75) is 51.2 Å². The number of hydrogen-bond acceptors (Lipinski definition) is 5. The van der Waals surface area contributed by atoms with Crippen LogP contribution in [0.5, 0.6) is 5.75 Å². The van der Waals surface area contributed by atoms with Crippen LogP contribution in [0.15, 0.2) is 42.5 Å². The summed E-state index contributed by atoms with van der Waals surface area (Å²) in [5.74, 6) is -2.16. The van der Waals surface area contributed by atoms with Crippen molar-refractivity contribution >= 4 is 23.4 Å². The fraction of sp³-hybridized carbons (Fsp3) is 0.400. The number of carbonyl (C=O) groups excluding carboxylic acids is 3. The number of para-hydroxylation sites is 1. The predicted molar refractivity (Wildman–Crippen MR) is 119 cm³/mol. The molecule has 2 saturated heterocycles. The molecule has 0 saturated carbocycles. The second kappa shape index (κ2) is 6.65. The van der Waals surface area contributed by atoms with Gasteiger partial charge < -0.3 is 10.4 Å². The molecule has 0 radical (unpaired) electrons. The van der Waals surface area contributed by atoms with Gasteiger partial charge in [0.05, 0.1) is 11.8 Å². The van der Waals surface area contributed by atoms with E-state index in [0.717, 1.165) is 16.7 Å². The molecule has 3 aliphatic heterocycles.